The lowest BCUT2D eigenvalue weighted by molar-refractivity contribution is -0.0715. The van der Waals surface area contributed by atoms with E-state index in [9.17, 15) is 0 Å². The summed E-state index contributed by atoms with van der Waals surface area (Å²) in [4.78, 5) is 0. The lowest BCUT2D eigenvalue weighted by Gasteiger charge is -2.52. The Morgan fingerprint density at radius 2 is 0.766 bits per heavy atom. The van der Waals surface area contributed by atoms with Crippen molar-refractivity contribution in [3.63, 3.8) is 0 Å². The standard InChI is InChI=1S/C43H73N3O/c1-4-12-28(13-5-1)29-20-22-30(23-21-29)37-27-39-40(35-19-11-10-18-34(35)37)36-25-24-33(26-38(36)47-39)43-45-41(31-14-6-2-7-15-31)44-42(46-43)32-16-8-3-9-17-32/h28-46H,1-27H2. The molecule has 47 heavy (non-hydrogen) atoms. The zero-order chi connectivity index (χ0) is 31.2. The number of rotatable bonds is 5. The van der Waals surface area contributed by atoms with Crippen molar-refractivity contribution in [3.8, 4) is 0 Å². The summed E-state index contributed by atoms with van der Waals surface area (Å²) in [5.74, 6) is 10.3. The van der Waals surface area contributed by atoms with E-state index in [-0.39, 0.29) is 0 Å². The van der Waals surface area contributed by atoms with E-state index in [1.54, 1.807) is 44.9 Å². The highest BCUT2D eigenvalue weighted by Crippen LogP contribution is 2.60. The highest BCUT2D eigenvalue weighted by Gasteiger charge is 2.57. The Labute approximate surface area is 289 Å². The number of nitrogens with one attached hydrogen (secondary N) is 3. The summed E-state index contributed by atoms with van der Waals surface area (Å²) < 4.78 is 7.39. The molecule has 0 amide bonds. The Balaban J connectivity index is 0.868. The Morgan fingerprint density at radius 3 is 1.38 bits per heavy atom. The maximum atomic E-state index is 7.39. The van der Waals surface area contributed by atoms with Crippen LogP contribution >= 0.6 is 0 Å². The zero-order valence-corrected chi connectivity index (χ0v) is 30.2. The van der Waals surface area contributed by atoms with Gasteiger partial charge in [0.15, 0.2) is 0 Å². The Hall–Kier alpha value is -0.160. The molecule has 0 aromatic heterocycles. The van der Waals surface area contributed by atoms with E-state index in [1.807, 2.05) is 0 Å². The Bertz CT molecular complexity index is 967. The van der Waals surface area contributed by atoms with Crippen LogP contribution < -0.4 is 16.0 Å². The van der Waals surface area contributed by atoms with E-state index >= 15 is 0 Å². The number of hydrogen-bond acceptors (Lipinski definition) is 4. The van der Waals surface area contributed by atoms with Gasteiger partial charge in [-0.25, -0.2) is 0 Å². The first-order valence-corrected chi connectivity index (χ1v) is 22.2. The molecule has 4 heteroatoms. The smallest absolute Gasteiger partial charge is 0.0625 e. The fourth-order valence-electron chi connectivity index (χ4n) is 14.8. The summed E-state index contributed by atoms with van der Waals surface area (Å²) in [6.45, 7) is 0. The van der Waals surface area contributed by atoms with Crippen molar-refractivity contribution in [1.29, 1.82) is 0 Å². The first-order chi connectivity index (χ1) is 23.3. The lowest BCUT2D eigenvalue weighted by Crippen LogP contribution is -2.72. The second kappa shape index (κ2) is 14.8. The van der Waals surface area contributed by atoms with Crippen LogP contribution in [0.1, 0.15) is 173 Å². The summed E-state index contributed by atoms with van der Waals surface area (Å²) >= 11 is 0. The minimum Gasteiger partial charge on any atom is -0.374 e. The molecule has 0 bridgehead atoms. The average molecular weight is 648 g/mol. The molecule has 9 fully saturated rings. The number of hydrogen-bond donors (Lipinski definition) is 3. The van der Waals surface area contributed by atoms with Crippen molar-refractivity contribution < 1.29 is 4.74 Å². The fourth-order valence-corrected chi connectivity index (χ4v) is 14.8. The molecule has 9 aliphatic rings. The highest BCUT2D eigenvalue weighted by molar-refractivity contribution is 5.06. The van der Waals surface area contributed by atoms with Crippen LogP contribution in [0.4, 0.5) is 0 Å². The van der Waals surface area contributed by atoms with Crippen molar-refractivity contribution in [2.45, 2.75) is 204 Å². The quantitative estimate of drug-likeness (QED) is 0.278. The highest BCUT2D eigenvalue weighted by atomic mass is 16.5. The predicted molar refractivity (Wildman–Crippen MR) is 192 cm³/mol. The second-order valence-corrected chi connectivity index (χ2v) is 19.3. The summed E-state index contributed by atoms with van der Waals surface area (Å²) in [5, 5.41) is 12.7. The molecular weight excluding hydrogens is 574 g/mol. The summed E-state index contributed by atoms with van der Waals surface area (Å²) in [6, 6.07) is 0. The molecule has 9 rings (SSSR count). The van der Waals surface area contributed by atoms with Crippen molar-refractivity contribution in [2.24, 2.45) is 65.1 Å². The van der Waals surface area contributed by atoms with Crippen molar-refractivity contribution in [1.82, 2.24) is 16.0 Å². The molecule has 266 valence electrons. The van der Waals surface area contributed by atoms with Crippen molar-refractivity contribution in [3.05, 3.63) is 0 Å². The largest absolute Gasteiger partial charge is 0.374 e. The van der Waals surface area contributed by atoms with Crippen LogP contribution in [0.15, 0.2) is 0 Å². The molecule has 10 atom stereocenters. The van der Waals surface area contributed by atoms with Gasteiger partial charge < -0.3 is 4.74 Å². The molecule has 0 aromatic rings. The van der Waals surface area contributed by atoms with Gasteiger partial charge in [0, 0.05) is 0 Å². The van der Waals surface area contributed by atoms with Gasteiger partial charge in [0.25, 0.3) is 0 Å². The molecule has 3 N–H and O–H groups in total. The van der Waals surface area contributed by atoms with Gasteiger partial charge in [0.1, 0.15) is 0 Å². The summed E-state index contributed by atoms with van der Waals surface area (Å²) in [6.07, 6.45) is 42.5. The number of fused-ring (bicyclic) bond motifs is 5. The molecular formula is C43H73N3O. The lowest BCUT2D eigenvalue weighted by atomic mass is 9.53. The van der Waals surface area contributed by atoms with Gasteiger partial charge in [-0.05, 0) is 155 Å². The average Bonchev–Trinajstić information content (AvgIpc) is 3.53. The molecule has 0 spiro atoms. The Kier molecular flexibility index (Phi) is 10.3. The van der Waals surface area contributed by atoms with Gasteiger partial charge in [0.2, 0.25) is 0 Å². The molecule has 0 aromatic carbocycles. The van der Waals surface area contributed by atoms with Crippen LogP contribution in [0.3, 0.4) is 0 Å². The number of ether oxygens (including phenoxy) is 1. The van der Waals surface area contributed by atoms with Gasteiger partial charge in [-0.15, -0.1) is 0 Å². The van der Waals surface area contributed by atoms with Gasteiger partial charge in [-0.1, -0.05) is 83.5 Å². The van der Waals surface area contributed by atoms with Crippen molar-refractivity contribution >= 4 is 0 Å². The first-order valence-electron chi connectivity index (χ1n) is 22.2. The van der Waals surface area contributed by atoms with Crippen LogP contribution in [-0.4, -0.2) is 30.7 Å². The van der Waals surface area contributed by atoms with Crippen LogP contribution in [0.2, 0.25) is 0 Å². The predicted octanol–water partition coefficient (Wildman–Crippen LogP) is 9.92. The monoisotopic (exact) mass is 648 g/mol. The van der Waals surface area contributed by atoms with E-state index in [2.05, 4.69) is 16.0 Å². The van der Waals surface area contributed by atoms with Gasteiger partial charge in [0.05, 0.1) is 30.7 Å². The third-order valence-electron chi connectivity index (χ3n) is 17.1. The van der Waals surface area contributed by atoms with Crippen LogP contribution in [0.25, 0.3) is 0 Å². The SMILES string of the molecule is C1CCC(C2CCC(C3CC4OC5CC(C6NC(C7CCCCC7)NC(C7CCCCC7)N6)CCC5C4C4CCCCC34)CC2)CC1. The van der Waals surface area contributed by atoms with Gasteiger partial charge in [-0.2, -0.15) is 0 Å². The van der Waals surface area contributed by atoms with Gasteiger partial charge in [-0.3, -0.25) is 16.0 Å². The third kappa shape index (κ3) is 6.80. The molecule has 7 aliphatic carbocycles. The molecule has 2 saturated heterocycles. The van der Waals surface area contributed by atoms with Gasteiger partial charge >= 0.3 is 0 Å². The van der Waals surface area contributed by atoms with Crippen LogP contribution in [-0.2, 0) is 4.74 Å². The van der Waals surface area contributed by atoms with Crippen LogP contribution in [0, 0.1) is 65.1 Å². The van der Waals surface area contributed by atoms with Crippen LogP contribution in [0.5, 0.6) is 0 Å². The van der Waals surface area contributed by atoms with E-state index in [0.717, 1.165) is 65.1 Å². The zero-order valence-electron chi connectivity index (χ0n) is 30.2. The maximum absolute atomic E-state index is 7.39. The molecule has 2 aliphatic heterocycles. The summed E-state index contributed by atoms with van der Waals surface area (Å²) in [5.41, 5.74) is 0. The Morgan fingerprint density at radius 1 is 0.298 bits per heavy atom. The first kappa shape index (κ1) is 32.7. The second-order valence-electron chi connectivity index (χ2n) is 19.3. The maximum Gasteiger partial charge on any atom is 0.0625 e. The minimum absolute atomic E-state index is 0.469. The normalized spacial score (nSPS) is 49.1. The topological polar surface area (TPSA) is 45.3 Å². The van der Waals surface area contributed by atoms with Crippen molar-refractivity contribution in [2.75, 3.05) is 0 Å². The third-order valence-corrected chi connectivity index (χ3v) is 17.1. The van der Waals surface area contributed by atoms with E-state index in [0.29, 0.717) is 30.7 Å². The molecule has 2 heterocycles. The summed E-state index contributed by atoms with van der Waals surface area (Å²) in [7, 11) is 0. The molecule has 4 nitrogen and oxygen atoms in total. The minimum atomic E-state index is 0.469. The molecule has 0 radical (unpaired) electrons. The van der Waals surface area contributed by atoms with E-state index in [1.165, 1.54) is 128 Å². The molecule has 7 saturated carbocycles. The fraction of sp³-hybridized carbons (Fsp3) is 1.00. The van der Waals surface area contributed by atoms with E-state index in [4.69, 9.17) is 4.74 Å². The molecule has 10 unspecified atom stereocenters. The van der Waals surface area contributed by atoms with E-state index < -0.39 is 0 Å².